The molecule has 0 spiro atoms. The van der Waals surface area contributed by atoms with E-state index in [4.69, 9.17) is 0 Å². The van der Waals surface area contributed by atoms with E-state index in [1.807, 2.05) is 19.1 Å². The average molecular weight is 488 g/mol. The number of thioether (sulfide) groups is 1. The smallest absolute Gasteiger partial charge is 0.323 e. The fourth-order valence-electron chi connectivity index (χ4n) is 1.81. The second-order valence-electron chi connectivity index (χ2n) is 4.80. The highest BCUT2D eigenvalue weighted by atomic mass is 79.9. The Morgan fingerprint density at radius 2 is 1.88 bits per heavy atom. The fraction of sp³-hybridized carbons (Fsp3) is 0.308. The minimum absolute atomic E-state index is 0.0134. The molecule has 0 unspecified atom stereocenters. The summed E-state index contributed by atoms with van der Waals surface area (Å²) in [4.78, 5) is 12.0. The molecule has 24 heavy (non-hydrogen) atoms. The van der Waals surface area contributed by atoms with E-state index in [-0.39, 0.29) is 16.8 Å². The van der Waals surface area contributed by atoms with Gasteiger partial charge in [0.15, 0.2) is 5.16 Å². The largest absolute Gasteiger partial charge is 0.451 e. The summed E-state index contributed by atoms with van der Waals surface area (Å²) in [6.07, 6.45) is -4.58. The summed E-state index contributed by atoms with van der Waals surface area (Å²) in [5.74, 6) is -1.58. The molecule has 0 aliphatic carbocycles. The minimum atomic E-state index is -4.58. The molecule has 2 rings (SSSR count). The van der Waals surface area contributed by atoms with Crippen LogP contribution in [0, 0.1) is 6.92 Å². The molecule has 1 aromatic heterocycles. The lowest BCUT2D eigenvalue weighted by atomic mass is 10.2. The van der Waals surface area contributed by atoms with Crippen molar-refractivity contribution >= 4 is 55.2 Å². The van der Waals surface area contributed by atoms with Crippen molar-refractivity contribution in [1.82, 2.24) is 14.8 Å². The van der Waals surface area contributed by atoms with Gasteiger partial charge in [-0.05, 0) is 56.5 Å². The van der Waals surface area contributed by atoms with Gasteiger partial charge in [0.25, 0.3) is 0 Å². The maximum absolute atomic E-state index is 12.6. The highest BCUT2D eigenvalue weighted by Crippen LogP contribution is 2.33. The number of nitrogens with one attached hydrogen (secondary N) is 1. The Bertz CT molecular complexity index is 756. The molecule has 11 heteroatoms. The number of halogens is 5. The van der Waals surface area contributed by atoms with Crippen LogP contribution in [0.4, 0.5) is 18.9 Å². The van der Waals surface area contributed by atoms with Crippen LogP contribution in [0.1, 0.15) is 11.4 Å². The molecule has 1 heterocycles. The first-order valence-corrected chi connectivity index (χ1v) is 9.01. The van der Waals surface area contributed by atoms with Crippen LogP contribution in [0.2, 0.25) is 0 Å². The number of nitrogens with zero attached hydrogens (tertiary/aromatic N) is 3. The van der Waals surface area contributed by atoms with Gasteiger partial charge < -0.3 is 9.88 Å². The Hall–Kier alpha value is -1.07. The minimum Gasteiger partial charge on any atom is -0.323 e. The Morgan fingerprint density at radius 1 is 1.29 bits per heavy atom. The van der Waals surface area contributed by atoms with Crippen molar-refractivity contribution in [1.29, 1.82) is 0 Å². The second kappa shape index (κ2) is 7.44. The monoisotopic (exact) mass is 486 g/mol. The SMILES string of the molecule is Cc1cc(Br)c(NC(=O)CSc2nnc(C(F)(F)F)n2C)c(Br)c1. The number of alkyl halides is 3. The van der Waals surface area contributed by atoms with Crippen molar-refractivity contribution in [2.45, 2.75) is 18.3 Å². The quantitative estimate of drug-likeness (QED) is 0.649. The third kappa shape index (κ3) is 4.51. The van der Waals surface area contributed by atoms with E-state index in [0.29, 0.717) is 14.6 Å². The van der Waals surface area contributed by atoms with Crippen molar-refractivity contribution in [3.63, 3.8) is 0 Å². The maximum Gasteiger partial charge on any atom is 0.451 e. The van der Waals surface area contributed by atoms with Gasteiger partial charge in [0, 0.05) is 16.0 Å². The Balaban J connectivity index is 2.04. The second-order valence-corrected chi connectivity index (χ2v) is 7.45. The lowest BCUT2D eigenvalue weighted by Gasteiger charge is -2.10. The van der Waals surface area contributed by atoms with E-state index in [1.54, 1.807) is 0 Å². The molecule has 0 saturated carbocycles. The molecule has 0 atom stereocenters. The van der Waals surface area contributed by atoms with Crippen LogP contribution in [0.25, 0.3) is 0 Å². The van der Waals surface area contributed by atoms with Crippen molar-refractivity contribution in [2.24, 2.45) is 7.05 Å². The van der Waals surface area contributed by atoms with Crippen molar-refractivity contribution in [3.8, 4) is 0 Å². The van der Waals surface area contributed by atoms with E-state index >= 15 is 0 Å². The van der Waals surface area contributed by atoms with Crippen LogP contribution in [0.5, 0.6) is 0 Å². The number of carbonyl (C=O) groups is 1. The highest BCUT2D eigenvalue weighted by Gasteiger charge is 2.37. The molecule has 0 bridgehead atoms. The van der Waals surface area contributed by atoms with Gasteiger partial charge in [-0.15, -0.1) is 10.2 Å². The molecule has 2 aromatic rings. The topological polar surface area (TPSA) is 59.8 Å². The Morgan fingerprint density at radius 3 is 2.38 bits per heavy atom. The number of benzene rings is 1. The molecule has 0 aliphatic heterocycles. The van der Waals surface area contributed by atoms with E-state index in [1.165, 1.54) is 7.05 Å². The Kier molecular flexibility index (Phi) is 5.97. The molecule has 0 saturated heterocycles. The van der Waals surface area contributed by atoms with Gasteiger partial charge in [-0.25, -0.2) is 0 Å². The molecule has 1 N–H and O–H groups in total. The average Bonchev–Trinajstić information content (AvgIpc) is 2.81. The van der Waals surface area contributed by atoms with E-state index in [9.17, 15) is 18.0 Å². The van der Waals surface area contributed by atoms with Crippen molar-refractivity contribution in [3.05, 3.63) is 32.5 Å². The summed E-state index contributed by atoms with van der Waals surface area (Å²) < 4.78 is 40.2. The van der Waals surface area contributed by atoms with Crippen molar-refractivity contribution < 1.29 is 18.0 Å². The van der Waals surface area contributed by atoms with Gasteiger partial charge in [-0.3, -0.25) is 4.79 Å². The molecule has 1 amide bonds. The van der Waals surface area contributed by atoms with Crippen LogP contribution < -0.4 is 5.32 Å². The summed E-state index contributed by atoms with van der Waals surface area (Å²) in [6.45, 7) is 1.91. The Labute approximate surface area is 156 Å². The molecule has 0 aliphatic rings. The van der Waals surface area contributed by atoms with Crippen LogP contribution in [-0.4, -0.2) is 26.4 Å². The molecule has 5 nitrogen and oxygen atoms in total. The number of carbonyl (C=O) groups excluding carboxylic acids is 1. The molecular weight excluding hydrogens is 477 g/mol. The number of aromatic nitrogens is 3. The normalized spacial score (nSPS) is 11.6. The van der Waals surface area contributed by atoms with Gasteiger partial charge in [0.1, 0.15) is 0 Å². The van der Waals surface area contributed by atoms with Crippen LogP contribution in [0.3, 0.4) is 0 Å². The standard InChI is InChI=1S/C13H11Br2F3N4OS/c1-6-3-7(14)10(8(15)4-6)19-9(23)5-24-12-21-20-11(22(12)2)13(16,17)18/h3-4H,5H2,1-2H3,(H,19,23). The highest BCUT2D eigenvalue weighted by molar-refractivity contribution is 9.11. The number of hydrogen-bond acceptors (Lipinski definition) is 4. The summed E-state index contributed by atoms with van der Waals surface area (Å²) in [6, 6.07) is 3.68. The summed E-state index contributed by atoms with van der Waals surface area (Å²) in [5, 5.41) is 9.29. The third-order valence-corrected chi connectivity index (χ3v) is 5.14. The van der Waals surface area contributed by atoms with Crippen LogP contribution in [-0.2, 0) is 18.0 Å². The molecule has 0 fully saturated rings. The van der Waals surface area contributed by atoms with E-state index < -0.39 is 12.0 Å². The summed E-state index contributed by atoms with van der Waals surface area (Å²) in [5.41, 5.74) is 1.56. The van der Waals surface area contributed by atoms with Crippen molar-refractivity contribution in [2.75, 3.05) is 11.1 Å². The van der Waals surface area contributed by atoms with Gasteiger partial charge in [0.2, 0.25) is 11.7 Å². The third-order valence-electron chi connectivity index (χ3n) is 2.87. The zero-order chi connectivity index (χ0) is 18.1. The van der Waals surface area contributed by atoms with Crippen LogP contribution in [0.15, 0.2) is 26.2 Å². The number of amides is 1. The zero-order valence-corrected chi connectivity index (χ0v) is 16.4. The lowest BCUT2D eigenvalue weighted by Crippen LogP contribution is -2.16. The van der Waals surface area contributed by atoms with E-state index in [2.05, 4.69) is 47.4 Å². The van der Waals surface area contributed by atoms with Gasteiger partial charge in [-0.2, -0.15) is 13.2 Å². The van der Waals surface area contributed by atoms with Gasteiger partial charge in [-0.1, -0.05) is 11.8 Å². The summed E-state index contributed by atoms with van der Waals surface area (Å²) in [7, 11) is 1.20. The fourth-order valence-corrected chi connectivity index (χ4v) is 4.14. The number of rotatable bonds is 4. The number of aryl methyl sites for hydroxylation is 1. The zero-order valence-electron chi connectivity index (χ0n) is 12.4. The first-order chi connectivity index (χ1) is 11.1. The summed E-state index contributed by atoms with van der Waals surface area (Å²) >= 11 is 7.59. The molecular formula is C13H11Br2F3N4OS. The predicted octanol–water partition coefficient (Wildman–Crippen LogP) is 4.40. The number of anilines is 1. The maximum atomic E-state index is 12.6. The predicted molar refractivity (Wildman–Crippen MR) is 91.9 cm³/mol. The first kappa shape index (κ1) is 19.3. The number of hydrogen-bond donors (Lipinski definition) is 1. The van der Waals surface area contributed by atoms with Crippen LogP contribution >= 0.6 is 43.6 Å². The van der Waals surface area contributed by atoms with E-state index in [0.717, 1.165) is 21.9 Å². The van der Waals surface area contributed by atoms with Gasteiger partial charge in [0.05, 0.1) is 11.4 Å². The first-order valence-electron chi connectivity index (χ1n) is 6.44. The molecule has 1 aromatic carbocycles. The lowest BCUT2D eigenvalue weighted by molar-refractivity contribution is -0.147. The molecule has 130 valence electrons. The molecule has 0 radical (unpaired) electrons. The van der Waals surface area contributed by atoms with Gasteiger partial charge >= 0.3 is 6.18 Å².